The number of fused-ring (bicyclic) bond motifs is 2. The van der Waals surface area contributed by atoms with Gasteiger partial charge in [-0.3, -0.25) is 9.47 Å². The maximum Gasteiger partial charge on any atom is 0.419 e. The Hall–Kier alpha value is -1.59. The minimum atomic E-state index is -0.223. The molecule has 5 nitrogen and oxygen atoms in total. The van der Waals surface area contributed by atoms with Crippen LogP contribution < -0.4 is 11.1 Å². The number of rotatable bonds is 2. The van der Waals surface area contributed by atoms with Crippen molar-refractivity contribution >= 4 is 11.1 Å². The third kappa shape index (κ3) is 2.40. The summed E-state index contributed by atoms with van der Waals surface area (Å²) in [6, 6.07) is 8.38. The molecule has 0 spiro atoms. The number of nitrogens with zero attached hydrogens (tertiary/aromatic N) is 2. The van der Waals surface area contributed by atoms with Crippen molar-refractivity contribution in [3.05, 3.63) is 34.8 Å². The normalized spacial score (nSPS) is 26.9. The first-order valence-electron chi connectivity index (χ1n) is 7.84. The van der Waals surface area contributed by atoms with E-state index in [-0.39, 0.29) is 5.76 Å². The molecule has 1 aromatic heterocycles. The highest BCUT2D eigenvalue weighted by molar-refractivity contribution is 5.72. The fraction of sp³-hybridized carbons (Fsp3) is 0.562. The summed E-state index contributed by atoms with van der Waals surface area (Å²) in [5, 5.41) is 3.47. The van der Waals surface area contributed by atoms with Gasteiger partial charge in [-0.15, -0.1) is 0 Å². The maximum absolute atomic E-state index is 12.1. The van der Waals surface area contributed by atoms with Crippen LogP contribution in [0.4, 0.5) is 0 Å². The number of piperazine rings is 1. The molecule has 1 N–H and O–H groups in total. The summed E-state index contributed by atoms with van der Waals surface area (Å²) in [7, 11) is 0. The molecular weight excluding hydrogens is 266 g/mol. The monoisotopic (exact) mass is 287 g/mol. The molecule has 2 aromatic rings. The van der Waals surface area contributed by atoms with E-state index in [0.29, 0.717) is 17.5 Å². The molecule has 0 aliphatic carbocycles. The molecular formula is C16H21N3O2. The van der Waals surface area contributed by atoms with Gasteiger partial charge in [0, 0.05) is 38.8 Å². The molecule has 1 aromatic carbocycles. The van der Waals surface area contributed by atoms with Crippen molar-refractivity contribution in [1.29, 1.82) is 0 Å². The summed E-state index contributed by atoms with van der Waals surface area (Å²) in [4.78, 5) is 14.6. The average Bonchev–Trinajstić information content (AvgIpc) is 2.83. The highest BCUT2D eigenvalue weighted by Crippen LogP contribution is 2.25. The van der Waals surface area contributed by atoms with E-state index in [4.69, 9.17) is 4.42 Å². The number of nitrogens with one attached hydrogen (secondary N) is 1. The van der Waals surface area contributed by atoms with E-state index >= 15 is 0 Å². The first kappa shape index (κ1) is 13.1. The minimum Gasteiger partial charge on any atom is -0.408 e. The zero-order chi connectivity index (χ0) is 14.2. The van der Waals surface area contributed by atoms with Gasteiger partial charge in [-0.25, -0.2) is 4.79 Å². The Morgan fingerprint density at radius 1 is 1.29 bits per heavy atom. The second-order valence-electron chi connectivity index (χ2n) is 6.24. The van der Waals surface area contributed by atoms with Gasteiger partial charge >= 0.3 is 5.76 Å². The summed E-state index contributed by atoms with van der Waals surface area (Å²) in [5.41, 5.74) is 1.61. The van der Waals surface area contributed by atoms with Gasteiger partial charge in [0.05, 0.1) is 5.52 Å². The van der Waals surface area contributed by atoms with E-state index < -0.39 is 0 Å². The van der Waals surface area contributed by atoms with Crippen LogP contribution >= 0.6 is 0 Å². The lowest BCUT2D eigenvalue weighted by atomic mass is 9.91. The Morgan fingerprint density at radius 2 is 2.19 bits per heavy atom. The molecule has 4 rings (SSSR count). The topological polar surface area (TPSA) is 50.4 Å². The van der Waals surface area contributed by atoms with Crippen molar-refractivity contribution in [2.24, 2.45) is 5.92 Å². The van der Waals surface area contributed by atoms with Crippen LogP contribution in [0.5, 0.6) is 0 Å². The van der Waals surface area contributed by atoms with E-state index in [1.54, 1.807) is 0 Å². The number of benzene rings is 1. The van der Waals surface area contributed by atoms with E-state index in [0.717, 1.165) is 38.2 Å². The summed E-state index contributed by atoms with van der Waals surface area (Å²) in [5.74, 6) is 0.316. The van der Waals surface area contributed by atoms with Gasteiger partial charge in [-0.05, 0) is 30.9 Å². The minimum absolute atomic E-state index is 0.223. The second kappa shape index (κ2) is 5.31. The lowest BCUT2D eigenvalue weighted by molar-refractivity contribution is 0.0789. The van der Waals surface area contributed by atoms with Crippen LogP contribution in [0.3, 0.4) is 0 Å². The molecule has 2 fully saturated rings. The van der Waals surface area contributed by atoms with Gasteiger partial charge in [0.15, 0.2) is 5.58 Å². The second-order valence-corrected chi connectivity index (χ2v) is 6.24. The van der Waals surface area contributed by atoms with Crippen LogP contribution in [-0.2, 0) is 6.54 Å². The number of hydrogen-bond donors (Lipinski definition) is 1. The number of hydrogen-bond acceptors (Lipinski definition) is 4. The van der Waals surface area contributed by atoms with E-state index in [2.05, 4.69) is 10.2 Å². The molecule has 5 heteroatoms. The van der Waals surface area contributed by atoms with E-state index in [9.17, 15) is 4.79 Å². The fourth-order valence-electron chi connectivity index (χ4n) is 3.77. The predicted molar refractivity (Wildman–Crippen MR) is 81.4 cm³/mol. The third-order valence-electron chi connectivity index (χ3n) is 4.89. The molecule has 2 aliphatic rings. The Kier molecular flexibility index (Phi) is 3.31. The van der Waals surface area contributed by atoms with Crippen molar-refractivity contribution in [2.45, 2.75) is 25.4 Å². The highest BCUT2D eigenvalue weighted by Gasteiger charge is 2.30. The average molecular weight is 287 g/mol. The number of piperidine rings is 1. The van der Waals surface area contributed by atoms with Crippen molar-refractivity contribution in [2.75, 3.05) is 26.2 Å². The standard InChI is InChI=1S/C16H21N3O2/c20-16-19(14-3-1-2-4-15(14)21-16)11-12-5-6-13-9-17-7-8-18(13)10-12/h1-4,12-13,17H,5-11H2/t12-,13+/m1/s1. The Morgan fingerprint density at radius 3 is 3.14 bits per heavy atom. The third-order valence-corrected chi connectivity index (χ3v) is 4.89. The molecule has 3 heterocycles. The smallest absolute Gasteiger partial charge is 0.408 e. The number of para-hydroxylation sites is 2. The summed E-state index contributed by atoms with van der Waals surface area (Å²) in [6.45, 7) is 5.19. The lowest BCUT2D eigenvalue weighted by Gasteiger charge is -2.42. The van der Waals surface area contributed by atoms with Gasteiger partial charge in [0.1, 0.15) is 0 Å². The lowest BCUT2D eigenvalue weighted by Crippen LogP contribution is -2.55. The summed E-state index contributed by atoms with van der Waals surface area (Å²) in [6.07, 6.45) is 2.41. The van der Waals surface area contributed by atoms with Crippen molar-refractivity contribution in [1.82, 2.24) is 14.8 Å². The fourth-order valence-corrected chi connectivity index (χ4v) is 3.77. The quantitative estimate of drug-likeness (QED) is 0.904. The molecule has 0 bridgehead atoms. The van der Waals surface area contributed by atoms with Crippen LogP contribution in [0, 0.1) is 5.92 Å². The van der Waals surface area contributed by atoms with E-state index in [1.807, 2.05) is 28.8 Å². The summed E-state index contributed by atoms with van der Waals surface area (Å²) >= 11 is 0. The Bertz CT molecular complexity index is 690. The molecule has 2 atom stereocenters. The van der Waals surface area contributed by atoms with E-state index in [1.165, 1.54) is 12.8 Å². The zero-order valence-electron chi connectivity index (χ0n) is 12.1. The molecule has 0 radical (unpaired) electrons. The molecule has 112 valence electrons. The number of oxazole rings is 1. The molecule has 2 saturated heterocycles. The van der Waals surface area contributed by atoms with Gasteiger partial charge in [0.25, 0.3) is 0 Å². The van der Waals surface area contributed by atoms with Crippen LogP contribution in [0.25, 0.3) is 11.1 Å². The van der Waals surface area contributed by atoms with Gasteiger partial charge in [-0.1, -0.05) is 12.1 Å². The van der Waals surface area contributed by atoms with Gasteiger partial charge < -0.3 is 9.73 Å². The molecule has 2 aliphatic heterocycles. The van der Waals surface area contributed by atoms with Gasteiger partial charge in [0.2, 0.25) is 0 Å². The van der Waals surface area contributed by atoms with Crippen molar-refractivity contribution in [3.63, 3.8) is 0 Å². The van der Waals surface area contributed by atoms with Crippen molar-refractivity contribution < 1.29 is 4.42 Å². The predicted octanol–water partition coefficient (Wildman–Crippen LogP) is 1.28. The number of aromatic nitrogens is 1. The Labute approximate surface area is 123 Å². The largest absolute Gasteiger partial charge is 0.419 e. The Balaban J connectivity index is 1.55. The molecule has 0 saturated carbocycles. The van der Waals surface area contributed by atoms with Crippen LogP contribution in [-0.4, -0.2) is 41.7 Å². The highest BCUT2D eigenvalue weighted by atomic mass is 16.4. The zero-order valence-corrected chi connectivity index (χ0v) is 12.1. The van der Waals surface area contributed by atoms with Crippen LogP contribution in [0.1, 0.15) is 12.8 Å². The van der Waals surface area contributed by atoms with Gasteiger partial charge in [-0.2, -0.15) is 0 Å². The van der Waals surface area contributed by atoms with Crippen LogP contribution in [0.15, 0.2) is 33.5 Å². The maximum atomic E-state index is 12.1. The molecule has 21 heavy (non-hydrogen) atoms. The SMILES string of the molecule is O=c1oc2ccccc2n1C[C@@H]1CC[C@H]2CNCCN2C1. The van der Waals surface area contributed by atoms with Crippen LogP contribution in [0.2, 0.25) is 0 Å². The first-order chi connectivity index (χ1) is 10.3. The molecule has 0 unspecified atom stereocenters. The summed E-state index contributed by atoms with van der Waals surface area (Å²) < 4.78 is 7.14. The first-order valence-corrected chi connectivity index (χ1v) is 7.84. The van der Waals surface area contributed by atoms with Crippen molar-refractivity contribution in [3.8, 4) is 0 Å². The molecule has 0 amide bonds.